The smallest absolute Gasteiger partial charge is 0.319 e. The highest BCUT2D eigenvalue weighted by atomic mass is 19.1. The molecular weight excluding hydrogens is 567 g/mol. The average molecular weight is 607 g/mol. The van der Waals surface area contributed by atoms with Crippen LogP contribution in [0.25, 0.3) is 22.0 Å². The van der Waals surface area contributed by atoms with Crippen molar-refractivity contribution in [2.24, 2.45) is 11.3 Å². The van der Waals surface area contributed by atoms with Crippen LogP contribution in [0, 0.1) is 28.5 Å². The number of halogens is 1. The van der Waals surface area contributed by atoms with E-state index in [-0.39, 0.29) is 41.1 Å². The molecule has 1 aromatic heterocycles. The Hall–Kier alpha value is -4.03. The molecule has 5 aliphatic rings. The van der Waals surface area contributed by atoms with E-state index in [1.165, 1.54) is 36.5 Å². The van der Waals surface area contributed by atoms with Crippen molar-refractivity contribution in [3.8, 4) is 23.2 Å². The van der Waals surface area contributed by atoms with Crippen molar-refractivity contribution in [1.82, 2.24) is 19.8 Å². The van der Waals surface area contributed by atoms with Gasteiger partial charge in [-0.1, -0.05) is 30.8 Å². The van der Waals surface area contributed by atoms with Gasteiger partial charge in [-0.25, -0.2) is 4.39 Å². The van der Waals surface area contributed by atoms with E-state index in [1.54, 1.807) is 4.90 Å². The number of benzene rings is 2. The highest BCUT2D eigenvalue weighted by Crippen LogP contribution is 2.59. The number of piperazine rings is 1. The molecule has 3 atom stereocenters. The van der Waals surface area contributed by atoms with E-state index < -0.39 is 0 Å². The predicted molar refractivity (Wildman–Crippen MR) is 170 cm³/mol. The Bertz CT molecular complexity index is 1720. The molecule has 0 spiro atoms. The van der Waals surface area contributed by atoms with Gasteiger partial charge in [-0.3, -0.25) is 4.79 Å². The van der Waals surface area contributed by atoms with Crippen molar-refractivity contribution < 1.29 is 13.9 Å². The van der Waals surface area contributed by atoms with Crippen LogP contribution in [-0.2, 0) is 11.2 Å². The summed E-state index contributed by atoms with van der Waals surface area (Å²) in [6.07, 6.45) is 8.46. The molecule has 1 amide bonds. The molecule has 8 nitrogen and oxygen atoms in total. The number of nitriles is 1. The molecule has 0 bridgehead atoms. The molecule has 0 N–H and O–H groups in total. The minimum Gasteiger partial charge on any atom is -0.463 e. The second-order valence-corrected chi connectivity index (χ2v) is 13.8. The van der Waals surface area contributed by atoms with Gasteiger partial charge in [0.05, 0.1) is 25.1 Å². The summed E-state index contributed by atoms with van der Waals surface area (Å²) in [6.45, 7) is 8.74. The topological polar surface area (TPSA) is 85.6 Å². The number of likely N-dealkylation sites (tertiary alicyclic amines) is 1. The molecule has 3 aromatic rings. The van der Waals surface area contributed by atoms with Gasteiger partial charge < -0.3 is 19.4 Å². The van der Waals surface area contributed by atoms with E-state index in [9.17, 15) is 10.1 Å². The number of aromatic nitrogens is 2. The monoisotopic (exact) mass is 606 g/mol. The molecule has 4 fully saturated rings. The molecular formula is C36H39FN6O2. The summed E-state index contributed by atoms with van der Waals surface area (Å²) in [7, 11) is 0. The van der Waals surface area contributed by atoms with Gasteiger partial charge in [0, 0.05) is 42.5 Å². The fraction of sp³-hybridized carbons (Fsp3) is 0.500. The van der Waals surface area contributed by atoms with Gasteiger partial charge >= 0.3 is 6.01 Å². The summed E-state index contributed by atoms with van der Waals surface area (Å²) < 4.78 is 23.1. The number of fused-ring (bicyclic) bond motifs is 4. The lowest BCUT2D eigenvalue weighted by molar-refractivity contribution is -0.128. The van der Waals surface area contributed by atoms with Crippen LogP contribution in [0.3, 0.4) is 0 Å². The Balaban J connectivity index is 1.17. The van der Waals surface area contributed by atoms with Crippen molar-refractivity contribution in [2.75, 3.05) is 50.8 Å². The molecule has 2 aromatic carbocycles. The Labute approximate surface area is 263 Å². The van der Waals surface area contributed by atoms with Gasteiger partial charge in [0.1, 0.15) is 11.3 Å². The van der Waals surface area contributed by atoms with Crippen LogP contribution >= 0.6 is 0 Å². The first-order valence-electron chi connectivity index (χ1n) is 16.5. The van der Waals surface area contributed by atoms with Crippen LogP contribution in [0.15, 0.2) is 43.0 Å². The van der Waals surface area contributed by atoms with Gasteiger partial charge in [-0.15, -0.1) is 0 Å². The van der Waals surface area contributed by atoms with Crippen molar-refractivity contribution in [3.05, 3.63) is 59.9 Å². The Morgan fingerprint density at radius 2 is 1.98 bits per heavy atom. The van der Waals surface area contributed by atoms with Crippen molar-refractivity contribution in [3.63, 3.8) is 0 Å². The van der Waals surface area contributed by atoms with Gasteiger partial charge in [0.15, 0.2) is 5.82 Å². The van der Waals surface area contributed by atoms with Gasteiger partial charge in [0.2, 0.25) is 5.91 Å². The zero-order valence-electron chi connectivity index (χ0n) is 25.7. The van der Waals surface area contributed by atoms with Gasteiger partial charge in [-0.2, -0.15) is 15.2 Å². The Kier molecular flexibility index (Phi) is 7.01. The normalized spacial score (nSPS) is 24.7. The third-order valence-corrected chi connectivity index (χ3v) is 10.8. The van der Waals surface area contributed by atoms with Crippen molar-refractivity contribution in [1.29, 1.82) is 5.26 Å². The zero-order valence-corrected chi connectivity index (χ0v) is 25.7. The van der Waals surface area contributed by atoms with Crippen LogP contribution in [0.1, 0.15) is 55.6 Å². The summed E-state index contributed by atoms with van der Waals surface area (Å²) >= 11 is 0. The van der Waals surface area contributed by atoms with E-state index >= 15 is 4.39 Å². The number of amides is 1. The molecule has 2 saturated heterocycles. The van der Waals surface area contributed by atoms with E-state index in [0.717, 1.165) is 44.5 Å². The highest BCUT2D eigenvalue weighted by molar-refractivity contribution is 5.94. The maximum atomic E-state index is 16.8. The molecule has 2 saturated carbocycles. The lowest BCUT2D eigenvalue weighted by atomic mass is 9.93. The number of rotatable bonds is 9. The number of hydrogen-bond donors (Lipinski definition) is 0. The first-order chi connectivity index (χ1) is 22.0. The average Bonchev–Trinajstić information content (AvgIpc) is 3.90. The fourth-order valence-corrected chi connectivity index (χ4v) is 8.11. The SMILES string of the molecule is C=CC(=O)N1CCN(c2nc(OCC3(CN4CCCC4)CC3)nc3c(F)c(-c4cccc5c4[C@H]4C[C@H]4C5)ccc23)C[C@@H]1CC#N. The van der Waals surface area contributed by atoms with Crippen LogP contribution in [0.4, 0.5) is 10.2 Å². The summed E-state index contributed by atoms with van der Waals surface area (Å²) in [4.78, 5) is 28.5. The quantitative estimate of drug-likeness (QED) is 0.299. The van der Waals surface area contributed by atoms with Crippen LogP contribution in [0.2, 0.25) is 0 Å². The Morgan fingerprint density at radius 3 is 2.76 bits per heavy atom. The molecule has 45 heavy (non-hydrogen) atoms. The van der Waals surface area contributed by atoms with Crippen LogP contribution in [-0.4, -0.2) is 77.6 Å². The number of carbonyl (C=O) groups is 1. The largest absolute Gasteiger partial charge is 0.463 e. The standard InChI is InChI=1S/C36H39FN6O2/c1-2-30(44)43-17-16-42(20-25(43)10-13-38)34-28-9-8-27(26-7-5-6-23-18-24-19-29(24)31(23)26)32(37)33(28)39-35(40-34)45-22-36(11-12-36)21-41-14-3-4-15-41/h2,5-9,24-25,29H,1,3-4,10-12,14-22H2/t24-,25+,29+/m1/s1. The number of nitrogens with zero attached hydrogens (tertiary/aromatic N) is 6. The predicted octanol–water partition coefficient (Wildman–Crippen LogP) is 5.47. The summed E-state index contributed by atoms with van der Waals surface area (Å²) in [5, 5.41) is 10.2. The Morgan fingerprint density at radius 1 is 1.13 bits per heavy atom. The number of hydrogen-bond acceptors (Lipinski definition) is 7. The molecule has 3 aliphatic carbocycles. The van der Waals surface area contributed by atoms with E-state index in [0.29, 0.717) is 54.8 Å². The summed E-state index contributed by atoms with van der Waals surface area (Å²) in [5.41, 5.74) is 4.52. The zero-order chi connectivity index (χ0) is 30.7. The molecule has 9 heteroatoms. The third kappa shape index (κ3) is 5.13. The molecule has 232 valence electrons. The van der Waals surface area contributed by atoms with Crippen LogP contribution in [0.5, 0.6) is 6.01 Å². The first-order valence-corrected chi connectivity index (χ1v) is 16.5. The molecule has 0 radical (unpaired) electrons. The van der Waals surface area contributed by atoms with E-state index in [2.05, 4.69) is 28.5 Å². The molecule has 8 rings (SSSR count). The maximum Gasteiger partial charge on any atom is 0.319 e. The minimum atomic E-state index is -0.356. The summed E-state index contributed by atoms with van der Waals surface area (Å²) in [6, 6.07) is 12.1. The third-order valence-electron chi connectivity index (χ3n) is 10.8. The van der Waals surface area contributed by atoms with Crippen molar-refractivity contribution in [2.45, 2.75) is 56.9 Å². The number of carbonyl (C=O) groups excluding carboxylic acids is 1. The summed E-state index contributed by atoms with van der Waals surface area (Å²) in [5.74, 6) is 1.26. The maximum absolute atomic E-state index is 16.8. The number of anilines is 1. The highest BCUT2D eigenvalue weighted by Gasteiger charge is 2.47. The first kappa shape index (κ1) is 28.4. The van der Waals surface area contributed by atoms with E-state index in [4.69, 9.17) is 14.7 Å². The van der Waals surface area contributed by atoms with Gasteiger partial charge in [0.25, 0.3) is 0 Å². The molecule has 3 heterocycles. The number of ether oxygens (including phenoxy) is 1. The minimum absolute atomic E-state index is 0.100. The second kappa shape index (κ2) is 11.1. The molecule has 2 aliphatic heterocycles. The second-order valence-electron chi connectivity index (χ2n) is 13.8. The van der Waals surface area contributed by atoms with Crippen LogP contribution < -0.4 is 9.64 Å². The lowest BCUT2D eigenvalue weighted by Crippen LogP contribution is -2.55. The molecule has 0 unspecified atom stereocenters. The van der Waals surface area contributed by atoms with Crippen molar-refractivity contribution >= 4 is 22.6 Å². The fourth-order valence-electron chi connectivity index (χ4n) is 8.11. The lowest BCUT2D eigenvalue weighted by Gasteiger charge is -2.41. The van der Waals surface area contributed by atoms with E-state index in [1.807, 2.05) is 24.3 Å². The van der Waals surface area contributed by atoms with Gasteiger partial charge in [-0.05, 0) is 92.3 Å².